The highest BCUT2D eigenvalue weighted by Gasteiger charge is 2.12. The molecule has 0 fully saturated rings. The molecule has 2 rings (SSSR count). The molecule has 106 valence electrons. The number of furan rings is 1. The van der Waals surface area contributed by atoms with Crippen LogP contribution in [0.25, 0.3) is 0 Å². The smallest absolute Gasteiger partial charge is 0.268 e. The number of nitrogen functional groups attached to an aromatic ring is 1. The lowest BCUT2D eigenvalue weighted by Gasteiger charge is -2.20. The van der Waals surface area contributed by atoms with Crippen molar-refractivity contribution in [1.82, 2.24) is 5.43 Å². The number of nitrogens with two attached hydrogens (primary N) is 1. The Morgan fingerprint density at radius 2 is 2.20 bits per heavy atom. The van der Waals surface area contributed by atoms with Crippen molar-refractivity contribution in [3.05, 3.63) is 47.9 Å². The van der Waals surface area contributed by atoms with Gasteiger partial charge >= 0.3 is 0 Å². The van der Waals surface area contributed by atoms with Gasteiger partial charge in [0.25, 0.3) is 5.91 Å². The molecule has 0 aliphatic heterocycles. The normalized spacial score (nSPS) is 10.2. The minimum Gasteiger partial charge on any atom is -0.495 e. The molecule has 1 aromatic carbocycles. The number of carbonyl (C=O) groups excluding carboxylic acids is 1. The van der Waals surface area contributed by atoms with Crippen LogP contribution in [0, 0.1) is 0 Å². The van der Waals surface area contributed by atoms with E-state index in [2.05, 4.69) is 5.43 Å². The van der Waals surface area contributed by atoms with Gasteiger partial charge in [-0.1, -0.05) is 12.1 Å². The van der Waals surface area contributed by atoms with E-state index in [1.54, 1.807) is 13.2 Å². The fourth-order valence-corrected chi connectivity index (χ4v) is 1.93. The molecule has 6 heteroatoms. The van der Waals surface area contributed by atoms with Gasteiger partial charge in [0.05, 0.1) is 24.9 Å². The second-order valence-corrected chi connectivity index (χ2v) is 4.30. The first-order valence-electron chi connectivity index (χ1n) is 6.08. The minimum absolute atomic E-state index is 0.375. The Kier molecular flexibility index (Phi) is 4.27. The summed E-state index contributed by atoms with van der Waals surface area (Å²) in [7, 11) is 3.55. The third-order valence-corrected chi connectivity index (χ3v) is 2.94. The van der Waals surface area contributed by atoms with Crippen molar-refractivity contribution < 1.29 is 13.9 Å². The van der Waals surface area contributed by atoms with E-state index in [1.807, 2.05) is 36.2 Å². The van der Waals surface area contributed by atoms with E-state index in [4.69, 9.17) is 15.0 Å². The molecule has 2 aromatic rings. The van der Waals surface area contributed by atoms with Crippen molar-refractivity contribution in [2.24, 2.45) is 5.84 Å². The Labute approximate surface area is 117 Å². The summed E-state index contributed by atoms with van der Waals surface area (Å²) in [5.74, 6) is 6.14. The molecule has 6 nitrogen and oxygen atoms in total. The molecule has 0 unspecified atom stereocenters. The first-order chi connectivity index (χ1) is 9.65. The zero-order valence-corrected chi connectivity index (χ0v) is 11.4. The number of amides is 1. The lowest BCUT2D eigenvalue weighted by atomic mass is 10.2. The van der Waals surface area contributed by atoms with Crippen LogP contribution >= 0.6 is 0 Å². The van der Waals surface area contributed by atoms with E-state index in [0.717, 1.165) is 11.4 Å². The van der Waals surface area contributed by atoms with Crippen LogP contribution in [0.3, 0.4) is 0 Å². The largest absolute Gasteiger partial charge is 0.495 e. The van der Waals surface area contributed by atoms with Crippen LogP contribution in [0.1, 0.15) is 16.1 Å². The molecule has 0 aliphatic rings. The predicted molar refractivity (Wildman–Crippen MR) is 75.5 cm³/mol. The summed E-state index contributed by atoms with van der Waals surface area (Å²) >= 11 is 0. The maximum absolute atomic E-state index is 11.4. The maximum atomic E-state index is 11.4. The van der Waals surface area contributed by atoms with Crippen molar-refractivity contribution in [2.45, 2.75) is 6.54 Å². The number of hydrogen-bond acceptors (Lipinski definition) is 5. The Bertz CT molecular complexity index is 595. The third-order valence-electron chi connectivity index (χ3n) is 2.94. The fourth-order valence-electron chi connectivity index (χ4n) is 1.93. The first kappa shape index (κ1) is 14.0. The number of hydrazine groups is 1. The van der Waals surface area contributed by atoms with Crippen molar-refractivity contribution >= 4 is 11.6 Å². The van der Waals surface area contributed by atoms with Crippen LogP contribution in [0.2, 0.25) is 0 Å². The lowest BCUT2D eigenvalue weighted by Crippen LogP contribution is -2.29. The predicted octanol–water partition coefficient (Wildman–Crippen LogP) is 1.53. The van der Waals surface area contributed by atoms with Gasteiger partial charge in [-0.25, -0.2) is 5.84 Å². The van der Waals surface area contributed by atoms with Crippen molar-refractivity contribution in [2.75, 3.05) is 19.1 Å². The third kappa shape index (κ3) is 2.92. The maximum Gasteiger partial charge on any atom is 0.268 e. The van der Waals surface area contributed by atoms with Crippen LogP contribution in [-0.4, -0.2) is 20.1 Å². The molecule has 1 aromatic heterocycles. The van der Waals surface area contributed by atoms with E-state index in [9.17, 15) is 4.79 Å². The van der Waals surface area contributed by atoms with Crippen LogP contribution < -0.4 is 20.9 Å². The van der Waals surface area contributed by atoms with Crippen molar-refractivity contribution in [1.29, 1.82) is 0 Å². The highest BCUT2D eigenvalue weighted by Crippen LogP contribution is 2.27. The van der Waals surface area contributed by atoms with Crippen molar-refractivity contribution in [3.63, 3.8) is 0 Å². The topological polar surface area (TPSA) is 80.7 Å². The molecule has 1 heterocycles. The Hall–Kier alpha value is -2.47. The lowest BCUT2D eigenvalue weighted by molar-refractivity contribution is 0.0953. The molecule has 0 saturated carbocycles. The Balaban J connectivity index is 2.13. The number of ether oxygens (including phenoxy) is 1. The molecule has 0 aliphatic carbocycles. The van der Waals surface area contributed by atoms with Gasteiger partial charge < -0.3 is 14.1 Å². The van der Waals surface area contributed by atoms with Gasteiger partial charge in [-0.05, 0) is 18.2 Å². The van der Waals surface area contributed by atoms with Gasteiger partial charge in [0.1, 0.15) is 17.8 Å². The molecule has 0 bridgehead atoms. The van der Waals surface area contributed by atoms with E-state index in [0.29, 0.717) is 17.9 Å². The molecular formula is C14H17N3O3. The SMILES string of the molecule is COc1ccccc1N(C)Cc1cc(C(=O)NN)co1. The quantitative estimate of drug-likeness (QED) is 0.491. The molecule has 0 atom stereocenters. The Morgan fingerprint density at radius 1 is 1.45 bits per heavy atom. The van der Waals surface area contributed by atoms with Gasteiger partial charge in [-0.15, -0.1) is 0 Å². The fraction of sp³-hybridized carbons (Fsp3) is 0.214. The van der Waals surface area contributed by atoms with E-state index < -0.39 is 0 Å². The average Bonchev–Trinajstić information content (AvgIpc) is 2.94. The van der Waals surface area contributed by atoms with Gasteiger partial charge in [-0.2, -0.15) is 0 Å². The number of nitrogens with zero attached hydrogens (tertiary/aromatic N) is 1. The van der Waals surface area contributed by atoms with E-state index >= 15 is 0 Å². The number of hydrogen-bond donors (Lipinski definition) is 2. The zero-order valence-electron chi connectivity index (χ0n) is 11.4. The molecular weight excluding hydrogens is 258 g/mol. The summed E-state index contributed by atoms with van der Waals surface area (Å²) in [4.78, 5) is 13.3. The number of para-hydroxylation sites is 2. The summed E-state index contributed by atoms with van der Waals surface area (Å²) in [5.41, 5.74) is 3.41. The summed E-state index contributed by atoms with van der Waals surface area (Å²) in [6, 6.07) is 9.35. The number of carbonyl (C=O) groups is 1. The zero-order chi connectivity index (χ0) is 14.5. The van der Waals surface area contributed by atoms with Gasteiger partial charge in [0.2, 0.25) is 0 Å². The van der Waals surface area contributed by atoms with Crippen LogP contribution in [0.4, 0.5) is 5.69 Å². The Morgan fingerprint density at radius 3 is 2.90 bits per heavy atom. The number of methoxy groups -OCH3 is 1. The van der Waals surface area contributed by atoms with Crippen LogP contribution in [-0.2, 0) is 6.54 Å². The average molecular weight is 275 g/mol. The first-order valence-corrected chi connectivity index (χ1v) is 6.08. The molecule has 1 amide bonds. The van der Waals surface area contributed by atoms with Gasteiger partial charge in [-0.3, -0.25) is 10.2 Å². The minimum atomic E-state index is -0.375. The number of rotatable bonds is 5. The van der Waals surface area contributed by atoms with Gasteiger partial charge in [0.15, 0.2) is 0 Å². The number of nitrogens with one attached hydrogen (secondary N) is 1. The van der Waals surface area contributed by atoms with Crippen LogP contribution in [0.15, 0.2) is 41.0 Å². The highest BCUT2D eigenvalue weighted by atomic mass is 16.5. The second kappa shape index (κ2) is 6.12. The molecule has 0 spiro atoms. The standard InChI is InChI=1S/C14H17N3O3/c1-17(12-5-3-4-6-13(12)19-2)8-11-7-10(9-20-11)14(18)16-15/h3-7,9H,8,15H2,1-2H3,(H,16,18). The number of benzene rings is 1. The molecule has 20 heavy (non-hydrogen) atoms. The monoisotopic (exact) mass is 275 g/mol. The number of anilines is 1. The molecule has 3 N–H and O–H groups in total. The summed E-state index contributed by atoms with van der Waals surface area (Å²) in [5, 5.41) is 0. The van der Waals surface area contributed by atoms with E-state index in [-0.39, 0.29) is 5.91 Å². The second-order valence-electron chi connectivity index (χ2n) is 4.30. The van der Waals surface area contributed by atoms with E-state index in [1.165, 1.54) is 6.26 Å². The summed E-state index contributed by atoms with van der Waals surface area (Å²) in [6.07, 6.45) is 1.38. The van der Waals surface area contributed by atoms with Crippen LogP contribution in [0.5, 0.6) is 5.75 Å². The molecule has 0 saturated heterocycles. The molecule has 0 radical (unpaired) electrons. The van der Waals surface area contributed by atoms with Crippen molar-refractivity contribution in [3.8, 4) is 5.75 Å². The summed E-state index contributed by atoms with van der Waals surface area (Å²) < 4.78 is 10.7. The van der Waals surface area contributed by atoms with Gasteiger partial charge in [0, 0.05) is 7.05 Å². The summed E-state index contributed by atoms with van der Waals surface area (Å²) in [6.45, 7) is 0.512. The highest BCUT2D eigenvalue weighted by molar-refractivity contribution is 5.93.